The number of phosphoric ester groups is 1. The second-order valence-corrected chi connectivity index (χ2v) is 25.7. The Morgan fingerprint density at radius 2 is 0.753 bits per heavy atom. The second kappa shape index (κ2) is 60.6. The van der Waals surface area contributed by atoms with Crippen LogP contribution in [-0.2, 0) is 27.9 Å². The molecule has 0 rings (SSSR count). The zero-order valence-corrected chi connectivity index (χ0v) is 54.9. The molecule has 0 saturated heterocycles. The Kier molecular flexibility index (Phi) is 58.7. The third kappa shape index (κ3) is 61.8. The van der Waals surface area contributed by atoms with Crippen LogP contribution in [0.25, 0.3) is 0 Å². The average Bonchev–Trinajstić information content (AvgIpc) is 3.44. The summed E-state index contributed by atoms with van der Waals surface area (Å²) in [6, 6.07) is -0.895. The van der Waals surface area contributed by atoms with E-state index in [4.69, 9.17) is 13.8 Å². The molecule has 0 heterocycles. The summed E-state index contributed by atoms with van der Waals surface area (Å²) in [4.78, 5) is 40.2. The van der Waals surface area contributed by atoms with Gasteiger partial charge in [0.2, 0.25) is 5.91 Å². The minimum absolute atomic E-state index is 0.0253. The number of nitrogens with one attached hydrogen (secondary N) is 1. The number of carbonyl (C=O) groups excluding carboxylic acids is 2. The van der Waals surface area contributed by atoms with Gasteiger partial charge >= 0.3 is 5.97 Å². The normalized spacial score (nSPS) is 14.0. The molecule has 0 aliphatic heterocycles. The number of hydrogen-bond acceptors (Lipinski definition) is 7. The summed E-state index contributed by atoms with van der Waals surface area (Å²) in [5.41, 5.74) is 0. The van der Waals surface area contributed by atoms with Crippen LogP contribution in [0.4, 0.5) is 0 Å². The molecule has 0 aromatic carbocycles. The van der Waals surface area contributed by atoms with Gasteiger partial charge in [-0.25, -0.2) is 0 Å². The molecule has 9 nitrogen and oxygen atoms in total. The number of rotatable bonds is 62. The Morgan fingerprint density at radius 3 is 1.15 bits per heavy atom. The highest BCUT2D eigenvalue weighted by atomic mass is 31.2. The predicted molar refractivity (Wildman–Crippen MR) is 348 cm³/mol. The van der Waals surface area contributed by atoms with E-state index in [9.17, 15) is 19.0 Å². The summed E-state index contributed by atoms with van der Waals surface area (Å²) in [6.07, 6.45) is 78.6. The molecule has 1 N–H and O–H groups in total. The van der Waals surface area contributed by atoms with Crippen molar-refractivity contribution in [2.45, 2.75) is 328 Å². The summed E-state index contributed by atoms with van der Waals surface area (Å²) in [5.74, 6) is -0.543. The molecule has 0 radical (unpaired) electrons. The molecule has 3 unspecified atom stereocenters. The number of phosphoric acid groups is 1. The Bertz CT molecular complexity index is 1620. The lowest BCUT2D eigenvalue weighted by molar-refractivity contribution is -0.870. The highest BCUT2D eigenvalue weighted by Crippen LogP contribution is 2.38. The lowest BCUT2D eigenvalue weighted by Gasteiger charge is -2.30. The Morgan fingerprint density at radius 1 is 0.432 bits per heavy atom. The lowest BCUT2D eigenvalue weighted by Crippen LogP contribution is -2.47. The van der Waals surface area contributed by atoms with Gasteiger partial charge in [-0.1, -0.05) is 274 Å². The molecule has 0 spiro atoms. The van der Waals surface area contributed by atoms with Crippen molar-refractivity contribution in [2.24, 2.45) is 0 Å². The molecule has 0 aromatic rings. The van der Waals surface area contributed by atoms with E-state index >= 15 is 0 Å². The van der Waals surface area contributed by atoms with Crippen LogP contribution in [0, 0.1) is 0 Å². The van der Waals surface area contributed by atoms with E-state index in [-0.39, 0.29) is 24.9 Å². The largest absolute Gasteiger partial charge is 0.756 e. The van der Waals surface area contributed by atoms with Crippen LogP contribution >= 0.6 is 7.82 Å². The van der Waals surface area contributed by atoms with Crippen molar-refractivity contribution in [3.63, 3.8) is 0 Å². The van der Waals surface area contributed by atoms with Crippen molar-refractivity contribution in [1.82, 2.24) is 5.32 Å². The maximum absolute atomic E-state index is 13.6. The maximum atomic E-state index is 13.6. The third-order valence-electron chi connectivity index (χ3n) is 15.1. The summed E-state index contributed by atoms with van der Waals surface area (Å²) < 4.78 is 30.4. The first-order chi connectivity index (χ1) is 39.4. The number of quaternary nitrogens is 1. The second-order valence-electron chi connectivity index (χ2n) is 24.3. The number of likely N-dealkylation sites (N-methyl/N-ethyl adjacent to an activating group) is 1. The third-order valence-corrected chi connectivity index (χ3v) is 16.1. The van der Waals surface area contributed by atoms with Gasteiger partial charge < -0.3 is 28.5 Å². The molecule has 3 atom stereocenters. The van der Waals surface area contributed by atoms with E-state index in [0.29, 0.717) is 17.4 Å². The minimum atomic E-state index is -4.71. The smallest absolute Gasteiger partial charge is 0.306 e. The number of hydrogen-bond donors (Lipinski definition) is 1. The maximum Gasteiger partial charge on any atom is 0.306 e. The van der Waals surface area contributed by atoms with Crippen LogP contribution in [0.2, 0.25) is 0 Å². The molecule has 10 heteroatoms. The zero-order chi connectivity index (χ0) is 59.3. The highest BCUT2D eigenvalue weighted by Gasteiger charge is 2.27. The van der Waals surface area contributed by atoms with Crippen molar-refractivity contribution in [1.29, 1.82) is 0 Å². The number of esters is 1. The zero-order valence-electron chi connectivity index (χ0n) is 54.0. The SMILES string of the molecule is CCCCC/C=C\C/C=C\C/C=C\CCCCCCCCCCCCC(=O)OC(/C=C/CCCCCCCCCCCCC)C(COP(=O)([O-])OCC[N+](C)(C)C)NC(=O)CCCCCCCCCCC/C=C\C/C=C\CCCCC. The van der Waals surface area contributed by atoms with Crippen molar-refractivity contribution in [3.8, 4) is 0 Å². The number of carbonyl (C=O) groups is 2. The van der Waals surface area contributed by atoms with E-state index in [0.717, 1.165) is 96.3 Å². The van der Waals surface area contributed by atoms with Gasteiger partial charge in [-0.2, -0.15) is 0 Å². The van der Waals surface area contributed by atoms with Crippen LogP contribution < -0.4 is 10.2 Å². The van der Waals surface area contributed by atoms with E-state index in [1.165, 1.54) is 186 Å². The molecule has 0 bridgehead atoms. The average molecular weight is 1160 g/mol. The van der Waals surface area contributed by atoms with Gasteiger partial charge in [-0.05, 0) is 102 Å². The van der Waals surface area contributed by atoms with Crippen molar-refractivity contribution >= 4 is 19.7 Å². The first-order valence-electron chi connectivity index (χ1n) is 34.2. The molecule has 0 aromatic heterocycles. The van der Waals surface area contributed by atoms with E-state index in [2.05, 4.69) is 86.8 Å². The van der Waals surface area contributed by atoms with E-state index in [1.807, 2.05) is 33.3 Å². The summed E-state index contributed by atoms with van der Waals surface area (Å²) in [7, 11) is 1.18. The van der Waals surface area contributed by atoms with E-state index in [1.54, 1.807) is 0 Å². The molecule has 81 heavy (non-hydrogen) atoms. The summed E-state index contributed by atoms with van der Waals surface area (Å²) in [5, 5.41) is 3.04. The minimum Gasteiger partial charge on any atom is -0.756 e. The van der Waals surface area contributed by atoms with Gasteiger partial charge in [0.1, 0.15) is 19.3 Å². The topological polar surface area (TPSA) is 114 Å². The molecule has 0 fully saturated rings. The van der Waals surface area contributed by atoms with Gasteiger partial charge in [0, 0.05) is 12.8 Å². The van der Waals surface area contributed by atoms with Gasteiger partial charge in [-0.3, -0.25) is 14.2 Å². The first kappa shape index (κ1) is 78.5. The quantitative estimate of drug-likeness (QED) is 0.0212. The Hall–Kier alpha value is -2.55. The van der Waals surface area contributed by atoms with Crippen LogP contribution in [-0.4, -0.2) is 69.4 Å². The van der Waals surface area contributed by atoms with Crippen molar-refractivity contribution in [3.05, 3.63) is 72.9 Å². The van der Waals surface area contributed by atoms with E-state index < -0.39 is 26.6 Å². The predicted octanol–water partition coefficient (Wildman–Crippen LogP) is 20.9. The summed E-state index contributed by atoms with van der Waals surface area (Å²) in [6.45, 7) is 6.82. The monoisotopic (exact) mass is 1150 g/mol. The van der Waals surface area contributed by atoms with Gasteiger partial charge in [-0.15, -0.1) is 0 Å². The standard InChI is InChI=1S/C71H131N2O7P/c1-7-10-13-16-19-22-25-28-30-32-34-35-36-37-39-41-43-46-49-52-55-58-61-64-71(75)80-69(62-59-56-53-50-47-44-27-24-21-18-15-12-9-3)68(67-79-81(76,77)78-66-65-73(4,5)6)72-70(74)63-60-57-54-51-48-45-42-40-38-33-31-29-26-23-20-17-14-11-8-2/h19-20,22-23,28-31,34-35,59,62,68-69H,7-18,21,24-27,32-33,36-58,60-61,63-67H2,1-6H3,(H-,72,74,76,77)/b22-19-,23-20-,30-28-,31-29-,35-34-,62-59+. The van der Waals surface area contributed by atoms with Crippen molar-refractivity contribution in [2.75, 3.05) is 40.9 Å². The van der Waals surface area contributed by atoms with Gasteiger partial charge in [0.25, 0.3) is 7.82 Å². The number of amides is 1. The fraction of sp³-hybridized carbons (Fsp3) is 0.803. The number of ether oxygens (including phenoxy) is 1. The van der Waals surface area contributed by atoms with Gasteiger partial charge in [0.15, 0.2) is 0 Å². The molecule has 0 saturated carbocycles. The Balaban J connectivity index is 5.17. The molecule has 1 amide bonds. The fourth-order valence-electron chi connectivity index (χ4n) is 9.80. The van der Waals surface area contributed by atoms with Crippen molar-refractivity contribution < 1.29 is 37.3 Å². The van der Waals surface area contributed by atoms with Crippen LogP contribution in [0.3, 0.4) is 0 Å². The fourth-order valence-corrected chi connectivity index (χ4v) is 10.5. The van der Waals surface area contributed by atoms with Crippen LogP contribution in [0.1, 0.15) is 316 Å². The Labute approximate surface area is 502 Å². The molecule has 0 aliphatic rings. The molecule has 0 aliphatic carbocycles. The number of nitrogens with zero attached hydrogens (tertiary/aromatic N) is 1. The molecule has 472 valence electrons. The highest BCUT2D eigenvalue weighted by molar-refractivity contribution is 7.45. The molecular weight excluding hydrogens is 1020 g/mol. The number of allylic oxidation sites excluding steroid dienone is 11. The first-order valence-corrected chi connectivity index (χ1v) is 35.7. The molecular formula is C71H131N2O7P. The number of unbranched alkanes of at least 4 members (excludes halogenated alkanes) is 36. The van der Waals surface area contributed by atoms with Crippen LogP contribution in [0.5, 0.6) is 0 Å². The lowest BCUT2D eigenvalue weighted by atomic mass is 10.0. The van der Waals surface area contributed by atoms with Gasteiger partial charge in [0.05, 0.1) is 33.8 Å². The summed E-state index contributed by atoms with van der Waals surface area (Å²) >= 11 is 0. The van der Waals surface area contributed by atoms with Crippen LogP contribution in [0.15, 0.2) is 72.9 Å².